The number of rotatable bonds is 8. The smallest absolute Gasteiger partial charge is 0.276 e. The van der Waals surface area contributed by atoms with Crippen molar-refractivity contribution in [1.82, 2.24) is 14.1 Å². The van der Waals surface area contributed by atoms with Gasteiger partial charge in [0, 0.05) is 30.7 Å². The fourth-order valence-electron chi connectivity index (χ4n) is 4.22. The van der Waals surface area contributed by atoms with Crippen LogP contribution in [0.3, 0.4) is 0 Å². The van der Waals surface area contributed by atoms with E-state index in [0.717, 1.165) is 38.5 Å². The van der Waals surface area contributed by atoms with Crippen molar-refractivity contribution in [3.63, 3.8) is 0 Å². The Bertz CT molecular complexity index is 1330. The molecule has 8 nitrogen and oxygen atoms in total. The molecule has 34 heavy (non-hydrogen) atoms. The zero-order valence-corrected chi connectivity index (χ0v) is 20.2. The van der Waals surface area contributed by atoms with E-state index in [-0.39, 0.29) is 16.1 Å². The second-order valence-electron chi connectivity index (χ2n) is 8.57. The van der Waals surface area contributed by atoms with Crippen molar-refractivity contribution in [2.45, 2.75) is 56.9 Å². The zero-order chi connectivity index (χ0) is 24.1. The Hall–Kier alpha value is -3.04. The molecular weight excluding hydrogens is 452 g/mol. The van der Waals surface area contributed by atoms with Gasteiger partial charge in [-0.15, -0.1) is 0 Å². The summed E-state index contributed by atoms with van der Waals surface area (Å²) in [5.74, 6) is -0.452. The number of carbonyl (C=O) groups excluding carboxylic acids is 1. The number of piperidine rings is 1. The number of anilines is 1. The lowest BCUT2D eigenvalue weighted by Gasteiger charge is -2.25. The summed E-state index contributed by atoms with van der Waals surface area (Å²) in [5, 5.41) is 8.11. The van der Waals surface area contributed by atoms with Gasteiger partial charge in [-0.2, -0.15) is 9.40 Å². The van der Waals surface area contributed by atoms with Crippen molar-refractivity contribution in [3.8, 4) is 0 Å². The van der Waals surface area contributed by atoms with Gasteiger partial charge in [0.25, 0.3) is 11.5 Å². The molecule has 3 aromatic rings. The first-order chi connectivity index (χ1) is 16.4. The minimum Gasteiger partial charge on any atom is -0.321 e. The Kier molecular flexibility index (Phi) is 7.43. The first kappa shape index (κ1) is 24.1. The fraction of sp³-hybridized carbons (Fsp3) is 0.400. The van der Waals surface area contributed by atoms with Crippen LogP contribution in [0.25, 0.3) is 10.8 Å². The highest BCUT2D eigenvalue weighted by Gasteiger charge is 2.26. The van der Waals surface area contributed by atoms with Gasteiger partial charge in [-0.1, -0.05) is 44.4 Å². The normalized spacial score (nSPS) is 14.9. The third kappa shape index (κ3) is 5.05. The third-order valence-electron chi connectivity index (χ3n) is 6.12. The number of hydrogen-bond donors (Lipinski definition) is 1. The third-order valence-corrected chi connectivity index (χ3v) is 8.03. The summed E-state index contributed by atoms with van der Waals surface area (Å²) in [6.45, 7) is 3.60. The lowest BCUT2D eigenvalue weighted by atomic mass is 10.1. The average molecular weight is 483 g/mol. The largest absolute Gasteiger partial charge is 0.321 e. The van der Waals surface area contributed by atoms with Gasteiger partial charge in [-0.05, 0) is 49.6 Å². The van der Waals surface area contributed by atoms with Crippen molar-refractivity contribution in [2.75, 3.05) is 18.4 Å². The number of aromatic nitrogens is 2. The minimum atomic E-state index is -3.54. The van der Waals surface area contributed by atoms with Gasteiger partial charge in [0.05, 0.1) is 10.3 Å². The lowest BCUT2D eigenvalue weighted by molar-refractivity contribution is 0.102. The first-order valence-electron chi connectivity index (χ1n) is 11.8. The molecule has 1 amide bonds. The monoisotopic (exact) mass is 482 g/mol. The van der Waals surface area contributed by atoms with Crippen molar-refractivity contribution < 1.29 is 13.2 Å². The van der Waals surface area contributed by atoms with Crippen LogP contribution in [0, 0.1) is 0 Å². The molecule has 0 saturated carbocycles. The molecule has 1 saturated heterocycles. The number of carbonyl (C=O) groups is 1. The van der Waals surface area contributed by atoms with Crippen LogP contribution >= 0.6 is 0 Å². The topological polar surface area (TPSA) is 101 Å². The van der Waals surface area contributed by atoms with Gasteiger partial charge in [0.2, 0.25) is 10.0 Å². The number of hydrogen-bond acceptors (Lipinski definition) is 5. The molecule has 1 N–H and O–H groups in total. The highest BCUT2D eigenvalue weighted by molar-refractivity contribution is 7.89. The molecule has 1 aliphatic rings. The molecule has 4 rings (SSSR count). The van der Waals surface area contributed by atoms with Crippen LogP contribution in [0.4, 0.5) is 5.69 Å². The van der Waals surface area contributed by atoms with Gasteiger partial charge in [-0.25, -0.2) is 13.1 Å². The van der Waals surface area contributed by atoms with Crippen molar-refractivity contribution >= 4 is 32.4 Å². The van der Waals surface area contributed by atoms with Crippen LogP contribution in [0.5, 0.6) is 0 Å². The first-order valence-corrected chi connectivity index (χ1v) is 13.3. The Morgan fingerprint density at radius 2 is 1.65 bits per heavy atom. The second kappa shape index (κ2) is 10.5. The van der Waals surface area contributed by atoms with E-state index in [9.17, 15) is 18.0 Å². The van der Waals surface area contributed by atoms with E-state index in [0.29, 0.717) is 36.1 Å². The van der Waals surface area contributed by atoms with Crippen LogP contribution < -0.4 is 10.9 Å². The van der Waals surface area contributed by atoms with Crippen LogP contribution in [-0.4, -0.2) is 41.5 Å². The van der Waals surface area contributed by atoms with E-state index in [4.69, 9.17) is 0 Å². The molecule has 1 fully saturated rings. The maximum absolute atomic E-state index is 13.1. The van der Waals surface area contributed by atoms with Crippen LogP contribution in [0.15, 0.2) is 58.2 Å². The molecule has 0 atom stereocenters. The Labute approximate surface area is 199 Å². The van der Waals surface area contributed by atoms with Gasteiger partial charge in [-0.3, -0.25) is 9.59 Å². The number of nitrogens with one attached hydrogen (secondary N) is 1. The number of aryl methyl sites for hydroxylation is 1. The molecule has 180 valence electrons. The predicted octanol–water partition coefficient (Wildman–Crippen LogP) is 4.01. The van der Waals surface area contributed by atoms with E-state index in [1.165, 1.54) is 21.1 Å². The van der Waals surface area contributed by atoms with E-state index < -0.39 is 15.9 Å². The van der Waals surface area contributed by atoms with Gasteiger partial charge in [0.1, 0.15) is 0 Å². The maximum atomic E-state index is 13.1. The average Bonchev–Trinajstić information content (AvgIpc) is 2.86. The second-order valence-corrected chi connectivity index (χ2v) is 10.5. The molecule has 0 aliphatic carbocycles. The van der Waals surface area contributed by atoms with Crippen molar-refractivity contribution in [1.29, 1.82) is 0 Å². The molecule has 0 unspecified atom stereocenters. The van der Waals surface area contributed by atoms with E-state index >= 15 is 0 Å². The zero-order valence-electron chi connectivity index (χ0n) is 19.4. The molecule has 1 aliphatic heterocycles. The summed E-state index contributed by atoms with van der Waals surface area (Å²) in [6, 6.07) is 13.1. The van der Waals surface area contributed by atoms with Crippen LogP contribution in [0.2, 0.25) is 0 Å². The molecule has 0 bridgehead atoms. The van der Waals surface area contributed by atoms with Gasteiger partial charge >= 0.3 is 0 Å². The summed E-state index contributed by atoms with van der Waals surface area (Å²) in [6.07, 6.45) is 5.57. The highest BCUT2D eigenvalue weighted by atomic mass is 32.2. The lowest BCUT2D eigenvalue weighted by Crippen LogP contribution is -2.35. The molecule has 2 heterocycles. The molecule has 2 aromatic carbocycles. The summed E-state index contributed by atoms with van der Waals surface area (Å²) < 4.78 is 28.6. The number of nitrogens with zero attached hydrogens (tertiary/aromatic N) is 3. The van der Waals surface area contributed by atoms with Gasteiger partial charge in [0.15, 0.2) is 5.69 Å². The van der Waals surface area contributed by atoms with E-state index in [1.807, 2.05) is 0 Å². The summed E-state index contributed by atoms with van der Waals surface area (Å²) in [4.78, 5) is 26.2. The Morgan fingerprint density at radius 1 is 0.971 bits per heavy atom. The van der Waals surface area contributed by atoms with E-state index in [1.54, 1.807) is 36.4 Å². The molecule has 9 heteroatoms. The van der Waals surface area contributed by atoms with Gasteiger partial charge < -0.3 is 5.32 Å². The number of benzene rings is 2. The summed E-state index contributed by atoms with van der Waals surface area (Å²) in [7, 11) is -3.54. The van der Waals surface area contributed by atoms with Crippen molar-refractivity contribution in [2.24, 2.45) is 0 Å². The fourth-order valence-corrected chi connectivity index (χ4v) is 5.74. The molecular formula is C25H30N4O4S. The van der Waals surface area contributed by atoms with Crippen LogP contribution in [0.1, 0.15) is 55.9 Å². The predicted molar refractivity (Wildman–Crippen MR) is 133 cm³/mol. The maximum Gasteiger partial charge on any atom is 0.276 e. The summed E-state index contributed by atoms with van der Waals surface area (Å²) >= 11 is 0. The van der Waals surface area contributed by atoms with E-state index in [2.05, 4.69) is 17.3 Å². The number of sulfonamides is 1. The quantitative estimate of drug-likeness (QED) is 0.489. The standard InChI is InChI=1S/C25H30N4O4S/c1-2-3-7-18-29-25(31)22-11-6-5-10-21(22)23(27-29)24(30)26-19-12-14-20(15-13-19)34(32,33)28-16-8-4-9-17-28/h5-6,10-15H,2-4,7-9,16-18H2,1H3,(H,26,30). The Balaban J connectivity index is 1.58. The molecule has 0 spiro atoms. The minimum absolute atomic E-state index is 0.164. The number of fused-ring (bicyclic) bond motifs is 1. The summed E-state index contributed by atoms with van der Waals surface area (Å²) in [5.41, 5.74) is 0.407. The molecule has 1 aromatic heterocycles. The Morgan fingerprint density at radius 3 is 2.32 bits per heavy atom. The number of amides is 1. The van der Waals surface area contributed by atoms with Crippen LogP contribution in [-0.2, 0) is 16.6 Å². The SMILES string of the molecule is CCCCCn1nc(C(=O)Nc2ccc(S(=O)(=O)N3CCCCC3)cc2)c2ccccc2c1=O. The number of unbranched alkanes of at least 4 members (excludes halogenated alkanes) is 2. The highest BCUT2D eigenvalue weighted by Crippen LogP contribution is 2.22. The molecule has 0 radical (unpaired) electrons. The van der Waals surface area contributed by atoms with Crippen molar-refractivity contribution in [3.05, 3.63) is 64.6 Å².